The first-order valence-electron chi connectivity index (χ1n) is 5.02. The van der Waals surface area contributed by atoms with Crippen LogP contribution in [0.15, 0.2) is 18.2 Å². The number of hydrazine groups is 1. The first kappa shape index (κ1) is 13.8. The first-order chi connectivity index (χ1) is 7.95. The number of nitrogens with two attached hydrogens (primary N) is 1. The van der Waals surface area contributed by atoms with Crippen molar-refractivity contribution in [1.82, 2.24) is 10.4 Å². The lowest BCUT2D eigenvalue weighted by atomic mass is 10.1. The van der Waals surface area contributed by atoms with Gasteiger partial charge in [0.1, 0.15) is 11.8 Å². The molecule has 17 heavy (non-hydrogen) atoms. The van der Waals surface area contributed by atoms with Gasteiger partial charge >= 0.3 is 0 Å². The minimum atomic E-state index is -0.809. The molecule has 3 N–H and O–H groups in total. The molecule has 0 spiro atoms. The minimum absolute atomic E-state index is 0.318. The summed E-state index contributed by atoms with van der Waals surface area (Å²) in [7, 11) is 4.96. The van der Waals surface area contributed by atoms with Crippen LogP contribution in [-0.4, -0.2) is 32.1 Å². The van der Waals surface area contributed by atoms with E-state index in [0.29, 0.717) is 16.3 Å². The van der Waals surface area contributed by atoms with Crippen molar-refractivity contribution in [3.05, 3.63) is 28.8 Å². The first-order valence-corrected chi connectivity index (χ1v) is 5.40. The number of halogens is 1. The van der Waals surface area contributed by atoms with E-state index in [2.05, 4.69) is 5.43 Å². The van der Waals surface area contributed by atoms with E-state index in [1.54, 1.807) is 39.4 Å². The maximum Gasteiger partial charge on any atom is 0.255 e. The Labute approximate surface area is 105 Å². The molecular formula is C11H16ClN3O2. The number of nitrogens with zero attached hydrogens (tertiary/aromatic N) is 1. The van der Waals surface area contributed by atoms with Crippen LogP contribution in [0.2, 0.25) is 5.02 Å². The maximum absolute atomic E-state index is 11.7. The Balaban J connectivity index is 2.88. The second-order valence-electron chi connectivity index (χ2n) is 3.74. The van der Waals surface area contributed by atoms with Crippen LogP contribution in [0.3, 0.4) is 0 Å². The lowest BCUT2D eigenvalue weighted by Gasteiger charge is -2.17. The molecule has 1 aromatic rings. The van der Waals surface area contributed by atoms with Gasteiger partial charge in [0.2, 0.25) is 0 Å². The van der Waals surface area contributed by atoms with Crippen molar-refractivity contribution in [3.8, 4) is 5.75 Å². The molecule has 0 bridgehead atoms. The summed E-state index contributed by atoms with van der Waals surface area (Å²) < 4.78 is 5.02. The number of ether oxygens (including phenoxy) is 1. The fourth-order valence-electron chi connectivity index (χ4n) is 1.32. The average Bonchev–Trinajstić information content (AvgIpc) is 2.27. The van der Waals surface area contributed by atoms with Gasteiger partial charge in [-0.05, 0) is 17.7 Å². The van der Waals surface area contributed by atoms with Gasteiger partial charge in [0.25, 0.3) is 5.91 Å². The highest BCUT2D eigenvalue weighted by molar-refractivity contribution is 6.31. The number of methoxy groups -OCH3 is 1. The van der Waals surface area contributed by atoms with Gasteiger partial charge in [0.15, 0.2) is 0 Å². The van der Waals surface area contributed by atoms with Crippen LogP contribution < -0.4 is 15.9 Å². The van der Waals surface area contributed by atoms with Crippen molar-refractivity contribution < 1.29 is 9.53 Å². The Morgan fingerprint density at radius 2 is 2.18 bits per heavy atom. The third kappa shape index (κ3) is 3.59. The lowest BCUT2D eigenvalue weighted by molar-refractivity contribution is -0.126. The maximum atomic E-state index is 11.7. The zero-order valence-electron chi connectivity index (χ0n) is 10.0. The summed E-state index contributed by atoms with van der Waals surface area (Å²) in [6, 6.07) is 4.21. The van der Waals surface area contributed by atoms with E-state index in [-0.39, 0.29) is 5.91 Å². The van der Waals surface area contributed by atoms with Gasteiger partial charge in [-0.15, -0.1) is 0 Å². The normalized spacial score (nSPS) is 12.4. The molecule has 0 aromatic heterocycles. The molecule has 0 fully saturated rings. The van der Waals surface area contributed by atoms with E-state index < -0.39 is 6.04 Å². The van der Waals surface area contributed by atoms with Crippen LogP contribution in [0.1, 0.15) is 11.6 Å². The lowest BCUT2D eigenvalue weighted by Crippen LogP contribution is -2.42. The fourth-order valence-corrected chi connectivity index (χ4v) is 1.61. The smallest absolute Gasteiger partial charge is 0.255 e. The van der Waals surface area contributed by atoms with Crippen molar-refractivity contribution in [1.29, 1.82) is 0 Å². The van der Waals surface area contributed by atoms with Crippen molar-refractivity contribution in [2.75, 3.05) is 21.2 Å². The summed E-state index contributed by atoms with van der Waals surface area (Å²) in [6.07, 6.45) is 0. The standard InChI is InChI=1S/C11H16ClN3O2/c1-15(2)14-11(16)10(13)8-5-4-7(17-3)6-9(8)12/h4-6,10H,13H2,1-3H3,(H,14,16). The number of carbonyl (C=O) groups excluding carboxylic acids is 1. The number of benzene rings is 1. The van der Waals surface area contributed by atoms with E-state index in [1.807, 2.05) is 0 Å². The molecule has 0 heterocycles. The fraction of sp³-hybridized carbons (Fsp3) is 0.364. The largest absolute Gasteiger partial charge is 0.497 e. The topological polar surface area (TPSA) is 67.6 Å². The van der Waals surface area contributed by atoms with Crippen LogP contribution in [-0.2, 0) is 4.79 Å². The van der Waals surface area contributed by atoms with E-state index >= 15 is 0 Å². The number of carbonyl (C=O) groups is 1. The summed E-state index contributed by atoms with van der Waals surface area (Å²) >= 11 is 6.03. The molecule has 0 aliphatic rings. The summed E-state index contributed by atoms with van der Waals surface area (Å²) in [5, 5.41) is 1.94. The molecule has 5 nitrogen and oxygen atoms in total. The Kier molecular flexibility index (Phi) is 4.74. The van der Waals surface area contributed by atoms with E-state index in [0.717, 1.165) is 0 Å². The molecule has 94 valence electrons. The molecule has 1 rings (SSSR count). The molecule has 1 aromatic carbocycles. The summed E-state index contributed by atoms with van der Waals surface area (Å²) in [6.45, 7) is 0. The van der Waals surface area contributed by atoms with Crippen molar-refractivity contribution in [2.24, 2.45) is 5.73 Å². The minimum Gasteiger partial charge on any atom is -0.497 e. The molecule has 1 unspecified atom stereocenters. The number of nitrogens with one attached hydrogen (secondary N) is 1. The quantitative estimate of drug-likeness (QED) is 0.788. The Bertz CT molecular complexity index is 410. The van der Waals surface area contributed by atoms with Crippen LogP contribution >= 0.6 is 11.6 Å². The Hall–Kier alpha value is -1.30. The zero-order valence-corrected chi connectivity index (χ0v) is 10.8. The third-order valence-corrected chi connectivity index (χ3v) is 2.49. The predicted molar refractivity (Wildman–Crippen MR) is 66.8 cm³/mol. The molecule has 0 aliphatic carbocycles. The van der Waals surface area contributed by atoms with Gasteiger partial charge < -0.3 is 10.5 Å². The van der Waals surface area contributed by atoms with Crippen LogP contribution in [0.25, 0.3) is 0 Å². The molecule has 0 saturated heterocycles. The third-order valence-electron chi connectivity index (χ3n) is 2.16. The second kappa shape index (κ2) is 5.86. The van der Waals surface area contributed by atoms with Crippen LogP contribution in [0.5, 0.6) is 5.75 Å². The summed E-state index contributed by atoms with van der Waals surface area (Å²) in [4.78, 5) is 11.7. The number of rotatable bonds is 4. The Morgan fingerprint density at radius 3 is 2.65 bits per heavy atom. The highest BCUT2D eigenvalue weighted by atomic mass is 35.5. The van der Waals surface area contributed by atoms with E-state index in [4.69, 9.17) is 22.1 Å². The number of hydrogen-bond donors (Lipinski definition) is 2. The molecule has 0 radical (unpaired) electrons. The second-order valence-corrected chi connectivity index (χ2v) is 4.14. The van der Waals surface area contributed by atoms with E-state index in [1.165, 1.54) is 5.01 Å². The van der Waals surface area contributed by atoms with E-state index in [9.17, 15) is 4.79 Å². The van der Waals surface area contributed by atoms with Gasteiger partial charge in [0.05, 0.1) is 7.11 Å². The van der Waals surface area contributed by atoms with Gasteiger partial charge in [-0.1, -0.05) is 17.7 Å². The molecular weight excluding hydrogens is 242 g/mol. The highest BCUT2D eigenvalue weighted by Gasteiger charge is 2.19. The molecule has 6 heteroatoms. The van der Waals surface area contributed by atoms with Gasteiger partial charge in [-0.3, -0.25) is 10.2 Å². The summed E-state index contributed by atoms with van der Waals surface area (Å²) in [5.41, 5.74) is 8.95. The van der Waals surface area contributed by atoms with Crippen LogP contribution in [0, 0.1) is 0 Å². The van der Waals surface area contributed by atoms with Crippen molar-refractivity contribution >= 4 is 17.5 Å². The number of hydrogen-bond acceptors (Lipinski definition) is 4. The van der Waals surface area contributed by atoms with Crippen molar-refractivity contribution in [3.63, 3.8) is 0 Å². The molecule has 1 atom stereocenters. The molecule has 1 amide bonds. The zero-order chi connectivity index (χ0) is 13.0. The van der Waals surface area contributed by atoms with Gasteiger partial charge in [-0.25, -0.2) is 5.01 Å². The monoisotopic (exact) mass is 257 g/mol. The Morgan fingerprint density at radius 1 is 1.53 bits per heavy atom. The summed E-state index contributed by atoms with van der Waals surface area (Å²) in [5.74, 6) is 0.307. The van der Waals surface area contributed by atoms with Gasteiger partial charge in [-0.2, -0.15) is 0 Å². The molecule has 0 saturated carbocycles. The predicted octanol–water partition coefficient (Wildman–Crippen LogP) is 0.941. The number of amides is 1. The van der Waals surface area contributed by atoms with Gasteiger partial charge in [0, 0.05) is 19.1 Å². The molecule has 0 aliphatic heterocycles. The van der Waals surface area contributed by atoms with Crippen molar-refractivity contribution in [2.45, 2.75) is 6.04 Å². The van der Waals surface area contributed by atoms with Crippen LogP contribution in [0.4, 0.5) is 0 Å². The highest BCUT2D eigenvalue weighted by Crippen LogP contribution is 2.26. The average molecular weight is 258 g/mol. The SMILES string of the molecule is COc1ccc(C(N)C(=O)NN(C)C)c(Cl)c1.